The van der Waals surface area contributed by atoms with E-state index in [0.717, 1.165) is 45.2 Å². The highest BCUT2D eigenvalue weighted by molar-refractivity contribution is 7.10. The van der Waals surface area contributed by atoms with Crippen LogP contribution in [0.15, 0.2) is 17.5 Å². The van der Waals surface area contributed by atoms with Gasteiger partial charge >= 0.3 is 0 Å². The zero-order valence-electron chi connectivity index (χ0n) is 13.3. The molecule has 1 aromatic heterocycles. The van der Waals surface area contributed by atoms with Crippen LogP contribution in [-0.2, 0) is 4.79 Å². The summed E-state index contributed by atoms with van der Waals surface area (Å²) in [6.07, 6.45) is 5.09. The van der Waals surface area contributed by atoms with E-state index in [1.165, 1.54) is 4.88 Å². The maximum absolute atomic E-state index is 12.8. The smallest absolute Gasteiger partial charge is 0.237 e. The molecule has 1 N–H and O–H groups in total. The minimum atomic E-state index is -0.361. The minimum Gasteiger partial charge on any atom is -0.392 e. The fraction of sp³-hybridized carbons (Fsp3) is 0.706. The van der Waals surface area contributed by atoms with Gasteiger partial charge in [-0.25, -0.2) is 0 Å². The van der Waals surface area contributed by atoms with Crippen molar-refractivity contribution in [3.05, 3.63) is 22.4 Å². The second-order valence-electron chi connectivity index (χ2n) is 6.53. The van der Waals surface area contributed by atoms with Gasteiger partial charge in [0.05, 0.1) is 18.7 Å². The van der Waals surface area contributed by atoms with Crippen LogP contribution in [-0.4, -0.2) is 52.6 Å². The quantitative estimate of drug-likeness (QED) is 0.927. The van der Waals surface area contributed by atoms with Gasteiger partial charge in [0.1, 0.15) is 0 Å². The topological polar surface area (TPSA) is 43.8 Å². The van der Waals surface area contributed by atoms with E-state index in [1.807, 2.05) is 6.92 Å². The first-order valence-corrected chi connectivity index (χ1v) is 9.30. The van der Waals surface area contributed by atoms with Gasteiger partial charge in [-0.2, -0.15) is 0 Å². The average molecular weight is 322 g/mol. The molecule has 3 atom stereocenters. The highest BCUT2D eigenvalue weighted by atomic mass is 32.1. The van der Waals surface area contributed by atoms with Gasteiger partial charge in [0, 0.05) is 17.5 Å². The third kappa shape index (κ3) is 3.36. The van der Waals surface area contributed by atoms with Crippen molar-refractivity contribution in [3.8, 4) is 0 Å². The van der Waals surface area contributed by atoms with Crippen molar-refractivity contribution in [1.29, 1.82) is 0 Å². The number of amides is 1. The van der Waals surface area contributed by atoms with E-state index >= 15 is 0 Å². The summed E-state index contributed by atoms with van der Waals surface area (Å²) >= 11 is 1.75. The lowest BCUT2D eigenvalue weighted by atomic mass is 9.98. The molecule has 122 valence electrons. The predicted molar refractivity (Wildman–Crippen MR) is 88.9 cm³/mol. The number of aliphatic hydroxyl groups excluding tert-OH is 1. The van der Waals surface area contributed by atoms with Crippen LogP contribution in [0.3, 0.4) is 0 Å². The molecule has 0 radical (unpaired) electrons. The number of likely N-dealkylation sites (tertiary alicyclic amines) is 2. The number of carbonyl (C=O) groups is 1. The third-order valence-electron chi connectivity index (χ3n) is 5.00. The van der Waals surface area contributed by atoms with Gasteiger partial charge in [-0.1, -0.05) is 12.5 Å². The van der Waals surface area contributed by atoms with E-state index in [2.05, 4.69) is 27.3 Å². The Morgan fingerprint density at radius 1 is 1.36 bits per heavy atom. The fourth-order valence-electron chi connectivity index (χ4n) is 3.87. The Kier molecular flexibility index (Phi) is 5.16. The lowest BCUT2D eigenvalue weighted by molar-refractivity contribution is -0.135. The zero-order chi connectivity index (χ0) is 15.5. The summed E-state index contributed by atoms with van der Waals surface area (Å²) in [6, 6.07) is 4.61. The van der Waals surface area contributed by atoms with Crippen LogP contribution in [0, 0.1) is 0 Å². The first kappa shape index (κ1) is 16.0. The van der Waals surface area contributed by atoms with E-state index in [1.54, 1.807) is 11.3 Å². The molecule has 2 aliphatic heterocycles. The summed E-state index contributed by atoms with van der Waals surface area (Å²) in [7, 11) is 0. The van der Waals surface area contributed by atoms with Crippen LogP contribution in [0.25, 0.3) is 0 Å². The molecule has 0 aromatic carbocycles. The Balaban J connectivity index is 1.65. The summed E-state index contributed by atoms with van der Waals surface area (Å²) in [5.74, 6) is 0.225. The Labute approximate surface area is 136 Å². The summed E-state index contributed by atoms with van der Waals surface area (Å²) in [5, 5.41) is 12.1. The Hall–Kier alpha value is -0.910. The van der Waals surface area contributed by atoms with Gasteiger partial charge in [0.25, 0.3) is 0 Å². The van der Waals surface area contributed by atoms with Crippen molar-refractivity contribution in [2.75, 3.05) is 19.6 Å². The van der Waals surface area contributed by atoms with Crippen LogP contribution in [0.2, 0.25) is 0 Å². The Morgan fingerprint density at radius 3 is 2.95 bits per heavy atom. The third-order valence-corrected chi connectivity index (χ3v) is 5.98. The van der Waals surface area contributed by atoms with Crippen molar-refractivity contribution in [3.63, 3.8) is 0 Å². The van der Waals surface area contributed by atoms with Crippen molar-refractivity contribution in [2.24, 2.45) is 0 Å². The van der Waals surface area contributed by atoms with Crippen molar-refractivity contribution >= 4 is 17.2 Å². The summed E-state index contributed by atoms with van der Waals surface area (Å²) < 4.78 is 0. The molecule has 0 aliphatic carbocycles. The number of carbonyl (C=O) groups excluding carboxylic acids is 1. The van der Waals surface area contributed by atoms with Gasteiger partial charge in [0.15, 0.2) is 0 Å². The highest BCUT2D eigenvalue weighted by Gasteiger charge is 2.34. The van der Waals surface area contributed by atoms with E-state index < -0.39 is 0 Å². The van der Waals surface area contributed by atoms with Crippen LogP contribution < -0.4 is 0 Å². The van der Waals surface area contributed by atoms with Crippen molar-refractivity contribution in [1.82, 2.24) is 9.80 Å². The van der Waals surface area contributed by atoms with Gasteiger partial charge in [-0.05, 0) is 50.6 Å². The SMILES string of the molecule is CC(O)C1CCCCN1CC(=O)N1CCCC1c1cccs1. The molecule has 2 fully saturated rings. The molecule has 1 aromatic rings. The van der Waals surface area contributed by atoms with Gasteiger partial charge in [-0.15, -0.1) is 11.3 Å². The maximum Gasteiger partial charge on any atom is 0.237 e. The number of rotatable bonds is 4. The van der Waals surface area contributed by atoms with Crippen molar-refractivity contribution in [2.45, 2.75) is 57.2 Å². The van der Waals surface area contributed by atoms with Crippen LogP contribution in [0.5, 0.6) is 0 Å². The van der Waals surface area contributed by atoms with Crippen LogP contribution >= 0.6 is 11.3 Å². The number of thiophene rings is 1. The molecule has 1 amide bonds. The fourth-order valence-corrected chi connectivity index (χ4v) is 4.74. The molecule has 22 heavy (non-hydrogen) atoms. The molecular formula is C17H26N2O2S. The average Bonchev–Trinajstić information content (AvgIpc) is 3.18. The molecule has 0 bridgehead atoms. The van der Waals surface area contributed by atoms with Crippen LogP contribution in [0.1, 0.15) is 49.9 Å². The highest BCUT2D eigenvalue weighted by Crippen LogP contribution is 2.34. The lowest BCUT2D eigenvalue weighted by Gasteiger charge is -2.38. The molecule has 3 unspecified atom stereocenters. The molecule has 0 saturated carbocycles. The molecular weight excluding hydrogens is 296 g/mol. The summed E-state index contributed by atoms with van der Waals surface area (Å²) in [6.45, 7) is 4.10. The normalized spacial score (nSPS) is 28.0. The Morgan fingerprint density at radius 2 is 2.23 bits per heavy atom. The second kappa shape index (κ2) is 7.11. The second-order valence-corrected chi connectivity index (χ2v) is 7.51. The van der Waals surface area contributed by atoms with Gasteiger partial charge < -0.3 is 10.0 Å². The van der Waals surface area contributed by atoms with Crippen LogP contribution in [0.4, 0.5) is 0 Å². The lowest BCUT2D eigenvalue weighted by Crippen LogP contribution is -2.50. The largest absolute Gasteiger partial charge is 0.392 e. The first-order valence-electron chi connectivity index (χ1n) is 8.42. The molecule has 3 heterocycles. The molecule has 2 saturated heterocycles. The number of hydrogen-bond acceptors (Lipinski definition) is 4. The van der Waals surface area contributed by atoms with E-state index in [0.29, 0.717) is 6.54 Å². The van der Waals surface area contributed by atoms with E-state index in [9.17, 15) is 9.90 Å². The molecule has 5 heteroatoms. The molecule has 3 rings (SSSR count). The molecule has 0 spiro atoms. The standard InChI is InChI=1S/C17H26N2O2S/c1-13(20)14-6-2-3-9-18(14)12-17(21)19-10-4-7-15(19)16-8-5-11-22-16/h5,8,11,13-15,20H,2-4,6-7,9-10,12H2,1H3. The van der Waals surface area contributed by atoms with E-state index in [4.69, 9.17) is 0 Å². The number of hydrogen-bond donors (Lipinski definition) is 1. The molecule has 4 nitrogen and oxygen atoms in total. The number of nitrogens with zero attached hydrogens (tertiary/aromatic N) is 2. The Bertz CT molecular complexity index is 489. The number of piperidine rings is 1. The monoisotopic (exact) mass is 322 g/mol. The van der Waals surface area contributed by atoms with Gasteiger partial charge in [0.2, 0.25) is 5.91 Å². The summed E-state index contributed by atoms with van der Waals surface area (Å²) in [4.78, 5) is 18.3. The first-order chi connectivity index (χ1) is 10.7. The van der Waals surface area contributed by atoms with Gasteiger partial charge in [-0.3, -0.25) is 9.69 Å². The zero-order valence-corrected chi connectivity index (χ0v) is 14.1. The minimum absolute atomic E-state index is 0.139. The van der Waals surface area contributed by atoms with E-state index in [-0.39, 0.29) is 24.1 Å². The summed E-state index contributed by atoms with van der Waals surface area (Å²) in [5.41, 5.74) is 0. The molecule has 2 aliphatic rings. The van der Waals surface area contributed by atoms with Crippen molar-refractivity contribution < 1.29 is 9.90 Å². The number of aliphatic hydroxyl groups is 1. The predicted octanol–water partition coefficient (Wildman–Crippen LogP) is 2.65. The maximum atomic E-state index is 12.8.